The molecular weight excluding hydrogens is 771 g/mol. The van der Waals surface area contributed by atoms with Crippen molar-refractivity contribution in [2.45, 2.75) is 17.8 Å². The predicted octanol–water partition coefficient (Wildman–Crippen LogP) is 16.3. The molecule has 0 saturated heterocycles. The smallest absolute Gasteiger partial charge is 0.0754 e. The number of benzene rings is 11. The Kier molecular flexibility index (Phi) is 8.33. The summed E-state index contributed by atoms with van der Waals surface area (Å²) in [4.78, 5) is 2.45. The molecule has 0 bridgehead atoms. The van der Waals surface area contributed by atoms with E-state index in [0.717, 1.165) is 12.1 Å². The standard InChI is InChI=1S/C63H43N/c1-3-17-43(18-4-1)44-33-31-42(32-34-44)39-54(45-35-37-52-50-23-8-7-21-48(50)49-22-9-10-24-51(49)55(52)40-45)46-36-38-58-56(41-46)53-25-11-12-26-57(53)63(58)59-27-13-15-29-61(59)64(47-19-5-2-6-20-47)62-30-16-14-28-60(62)63/h1-38,40-41,54H,39H2. The second kappa shape index (κ2) is 14.5. The van der Waals surface area contributed by atoms with Crippen LogP contribution in [0.3, 0.4) is 0 Å². The van der Waals surface area contributed by atoms with Crippen molar-refractivity contribution in [3.8, 4) is 22.3 Å². The van der Waals surface area contributed by atoms with Gasteiger partial charge in [0, 0.05) is 11.6 Å². The number of hydrogen-bond donors (Lipinski definition) is 0. The Morgan fingerprint density at radius 3 is 1.45 bits per heavy atom. The second-order valence-electron chi connectivity index (χ2n) is 17.5. The molecule has 11 aromatic rings. The highest BCUT2D eigenvalue weighted by atomic mass is 15.2. The molecule has 0 aromatic heterocycles. The van der Waals surface area contributed by atoms with Crippen LogP contribution in [0.5, 0.6) is 0 Å². The Balaban J connectivity index is 1.02. The number of para-hydroxylation sites is 3. The fraction of sp³-hybridized carbons (Fsp3) is 0.0476. The van der Waals surface area contributed by atoms with Crippen molar-refractivity contribution in [3.63, 3.8) is 0 Å². The summed E-state index contributed by atoms with van der Waals surface area (Å²) in [5, 5.41) is 7.81. The van der Waals surface area contributed by atoms with Gasteiger partial charge in [0.2, 0.25) is 0 Å². The topological polar surface area (TPSA) is 3.24 Å². The third-order valence-corrected chi connectivity index (χ3v) is 14.3. The predicted molar refractivity (Wildman–Crippen MR) is 268 cm³/mol. The lowest BCUT2D eigenvalue weighted by molar-refractivity contribution is 0.750. The number of anilines is 3. The molecule has 1 atom stereocenters. The van der Waals surface area contributed by atoms with Crippen LogP contribution in [-0.4, -0.2) is 0 Å². The summed E-state index contributed by atoms with van der Waals surface area (Å²) in [5.41, 5.74) is 17.5. The molecule has 1 aliphatic heterocycles. The fourth-order valence-electron chi connectivity index (χ4n) is 11.5. The van der Waals surface area contributed by atoms with E-state index in [1.165, 1.54) is 105 Å². The SMILES string of the molecule is c1ccc(-c2ccc(CC(c3ccc4c(c3)-c3ccccc3C43c4ccccc4N(c4ccccc4)c4ccccc43)c3ccc4c5ccccc5c5ccccc5c4c3)cc2)cc1. The summed E-state index contributed by atoms with van der Waals surface area (Å²) < 4.78 is 0. The fourth-order valence-corrected chi connectivity index (χ4v) is 11.5. The Morgan fingerprint density at radius 2 is 0.797 bits per heavy atom. The van der Waals surface area contributed by atoms with Gasteiger partial charge in [-0.25, -0.2) is 0 Å². The maximum absolute atomic E-state index is 2.55. The van der Waals surface area contributed by atoms with Gasteiger partial charge >= 0.3 is 0 Å². The molecule has 64 heavy (non-hydrogen) atoms. The van der Waals surface area contributed by atoms with Crippen molar-refractivity contribution < 1.29 is 0 Å². The number of nitrogens with zero attached hydrogens (tertiary/aromatic N) is 1. The molecule has 1 nitrogen and oxygen atoms in total. The van der Waals surface area contributed by atoms with Crippen molar-refractivity contribution in [3.05, 3.63) is 282 Å². The quantitative estimate of drug-likeness (QED) is 0.151. The second-order valence-corrected chi connectivity index (χ2v) is 17.5. The van der Waals surface area contributed by atoms with E-state index in [2.05, 4.69) is 248 Å². The molecule has 1 heterocycles. The van der Waals surface area contributed by atoms with E-state index in [-0.39, 0.29) is 5.92 Å². The Morgan fingerprint density at radius 1 is 0.328 bits per heavy atom. The van der Waals surface area contributed by atoms with E-state index < -0.39 is 5.41 Å². The van der Waals surface area contributed by atoms with Crippen LogP contribution in [0.2, 0.25) is 0 Å². The molecule has 0 saturated carbocycles. The first-order valence-electron chi connectivity index (χ1n) is 22.5. The first-order valence-corrected chi connectivity index (χ1v) is 22.5. The molecule has 1 heteroatoms. The van der Waals surface area contributed by atoms with Gasteiger partial charge in [-0.15, -0.1) is 0 Å². The van der Waals surface area contributed by atoms with Crippen molar-refractivity contribution in [2.75, 3.05) is 4.90 Å². The van der Waals surface area contributed by atoms with Crippen LogP contribution in [0, 0.1) is 0 Å². The summed E-state index contributed by atoms with van der Waals surface area (Å²) in [7, 11) is 0. The van der Waals surface area contributed by atoms with Crippen molar-refractivity contribution >= 4 is 49.4 Å². The van der Waals surface area contributed by atoms with Crippen LogP contribution in [0.1, 0.15) is 44.9 Å². The Labute approximate surface area is 374 Å². The van der Waals surface area contributed by atoms with Crippen LogP contribution < -0.4 is 4.90 Å². The van der Waals surface area contributed by atoms with E-state index >= 15 is 0 Å². The highest BCUT2D eigenvalue weighted by Gasteiger charge is 2.51. The largest absolute Gasteiger partial charge is 0.310 e. The minimum absolute atomic E-state index is 0.103. The van der Waals surface area contributed by atoms with Crippen LogP contribution in [-0.2, 0) is 11.8 Å². The minimum Gasteiger partial charge on any atom is -0.310 e. The van der Waals surface area contributed by atoms with E-state index in [9.17, 15) is 0 Å². The summed E-state index contributed by atoms with van der Waals surface area (Å²) >= 11 is 0. The first kappa shape index (κ1) is 36.6. The van der Waals surface area contributed by atoms with Crippen LogP contribution in [0.25, 0.3) is 54.6 Å². The zero-order chi connectivity index (χ0) is 42.2. The maximum Gasteiger partial charge on any atom is 0.0754 e. The molecule has 0 radical (unpaired) electrons. The lowest BCUT2D eigenvalue weighted by Gasteiger charge is -2.45. The van der Waals surface area contributed by atoms with Gasteiger partial charge in [0.15, 0.2) is 0 Å². The Bertz CT molecular complexity index is 3500. The van der Waals surface area contributed by atoms with Crippen LogP contribution in [0.15, 0.2) is 243 Å². The minimum atomic E-state index is -0.491. The third kappa shape index (κ3) is 5.44. The van der Waals surface area contributed by atoms with Gasteiger partial charge in [-0.3, -0.25) is 0 Å². The van der Waals surface area contributed by atoms with E-state index in [0.29, 0.717) is 0 Å². The summed E-state index contributed by atoms with van der Waals surface area (Å²) in [5.74, 6) is 0.103. The zero-order valence-corrected chi connectivity index (χ0v) is 35.3. The van der Waals surface area contributed by atoms with E-state index in [1.54, 1.807) is 0 Å². The zero-order valence-electron chi connectivity index (χ0n) is 35.3. The van der Waals surface area contributed by atoms with Gasteiger partial charge in [-0.1, -0.05) is 212 Å². The Hall–Kier alpha value is -8.00. The molecule has 0 N–H and O–H groups in total. The summed E-state index contributed by atoms with van der Waals surface area (Å²) in [6.07, 6.45) is 0.870. The van der Waals surface area contributed by atoms with Crippen molar-refractivity contribution in [1.82, 2.24) is 0 Å². The third-order valence-electron chi connectivity index (χ3n) is 14.3. The van der Waals surface area contributed by atoms with E-state index in [1.807, 2.05) is 0 Å². The molecule has 1 unspecified atom stereocenters. The van der Waals surface area contributed by atoms with Gasteiger partial charge in [0.25, 0.3) is 0 Å². The van der Waals surface area contributed by atoms with Gasteiger partial charge in [-0.05, 0) is 130 Å². The average Bonchev–Trinajstić information content (AvgIpc) is 3.66. The molecule has 13 rings (SSSR count). The summed E-state index contributed by atoms with van der Waals surface area (Å²) in [6.45, 7) is 0. The molecule has 0 fully saturated rings. The monoisotopic (exact) mass is 813 g/mol. The molecule has 300 valence electrons. The van der Waals surface area contributed by atoms with E-state index in [4.69, 9.17) is 0 Å². The average molecular weight is 814 g/mol. The molecule has 11 aromatic carbocycles. The lowest BCUT2D eigenvalue weighted by atomic mass is 9.64. The number of rotatable bonds is 6. The number of fused-ring (bicyclic) bond motifs is 15. The molecule has 0 amide bonds. The molecular formula is C63H43N. The molecule has 1 aliphatic carbocycles. The number of hydrogen-bond acceptors (Lipinski definition) is 1. The van der Waals surface area contributed by atoms with Gasteiger partial charge in [0.1, 0.15) is 0 Å². The van der Waals surface area contributed by atoms with Crippen molar-refractivity contribution in [1.29, 1.82) is 0 Å². The maximum atomic E-state index is 2.55. The van der Waals surface area contributed by atoms with Gasteiger partial charge in [-0.2, -0.15) is 0 Å². The normalized spacial score (nSPS) is 13.7. The molecule has 1 spiro atoms. The van der Waals surface area contributed by atoms with Crippen molar-refractivity contribution in [2.24, 2.45) is 0 Å². The summed E-state index contributed by atoms with van der Waals surface area (Å²) in [6, 6.07) is 90.7. The van der Waals surface area contributed by atoms with Crippen LogP contribution >= 0.6 is 0 Å². The van der Waals surface area contributed by atoms with Crippen LogP contribution in [0.4, 0.5) is 17.1 Å². The van der Waals surface area contributed by atoms with Gasteiger partial charge < -0.3 is 4.90 Å². The first-order chi connectivity index (χ1) is 31.8. The highest BCUT2D eigenvalue weighted by molar-refractivity contribution is 6.25. The highest BCUT2D eigenvalue weighted by Crippen LogP contribution is 2.63. The van der Waals surface area contributed by atoms with Gasteiger partial charge in [0.05, 0.1) is 16.8 Å². The lowest BCUT2D eigenvalue weighted by Crippen LogP contribution is -2.36. The molecule has 2 aliphatic rings.